The molecular weight excluding hydrogens is 168 g/mol. The van der Waals surface area contributed by atoms with Gasteiger partial charge in [-0.25, -0.2) is 0 Å². The molecule has 0 radical (unpaired) electrons. The highest BCUT2D eigenvalue weighted by molar-refractivity contribution is 5.32. The first-order valence-electron chi connectivity index (χ1n) is 4.10. The summed E-state index contributed by atoms with van der Waals surface area (Å²) in [6, 6.07) is 0. The lowest BCUT2D eigenvalue weighted by Crippen LogP contribution is -2.17. The molecule has 0 amide bonds. The molecule has 0 aromatic carbocycles. The van der Waals surface area contributed by atoms with Gasteiger partial charge < -0.3 is 10.2 Å². The second-order valence-corrected chi connectivity index (χ2v) is 3.63. The number of carbonyl (C=O) groups is 1. The van der Waals surface area contributed by atoms with Crippen LogP contribution in [0.5, 0.6) is 0 Å². The van der Waals surface area contributed by atoms with E-state index in [4.69, 9.17) is 9.90 Å². The van der Waals surface area contributed by atoms with Gasteiger partial charge in [0.15, 0.2) is 0 Å². The van der Waals surface area contributed by atoms with E-state index in [0.29, 0.717) is 5.76 Å². The average molecular weight is 184 g/mol. The Morgan fingerprint density at radius 1 is 1.54 bits per heavy atom. The molecule has 0 aromatic heterocycles. The number of hydrogen-bond donors (Lipinski definition) is 2. The van der Waals surface area contributed by atoms with Crippen LogP contribution < -0.4 is 0 Å². The minimum Gasteiger partial charge on any atom is -0.511 e. The lowest BCUT2D eigenvalue weighted by molar-refractivity contribution is -0.122. The van der Waals surface area contributed by atoms with Crippen molar-refractivity contribution in [3.63, 3.8) is 0 Å². The molecule has 0 saturated heterocycles. The van der Waals surface area contributed by atoms with Gasteiger partial charge in [0.25, 0.3) is 6.47 Å². The van der Waals surface area contributed by atoms with Gasteiger partial charge in [0.05, 0.1) is 0 Å². The van der Waals surface area contributed by atoms with Gasteiger partial charge in [0, 0.05) is 5.41 Å². The van der Waals surface area contributed by atoms with Crippen molar-refractivity contribution in [2.45, 2.75) is 27.2 Å². The number of aliphatic hydroxyl groups is 1. The lowest BCUT2D eigenvalue weighted by Gasteiger charge is -2.26. The summed E-state index contributed by atoms with van der Waals surface area (Å²) in [5, 5.41) is 16.4. The second-order valence-electron chi connectivity index (χ2n) is 3.63. The van der Waals surface area contributed by atoms with E-state index in [1.165, 1.54) is 0 Å². The largest absolute Gasteiger partial charge is 0.511 e. The van der Waals surface area contributed by atoms with Crippen LogP contribution in [0.15, 0.2) is 23.5 Å². The quantitative estimate of drug-likeness (QED) is 0.569. The van der Waals surface area contributed by atoms with Crippen molar-refractivity contribution in [1.29, 1.82) is 0 Å². The van der Waals surface area contributed by atoms with Crippen molar-refractivity contribution >= 4 is 6.47 Å². The van der Waals surface area contributed by atoms with Gasteiger partial charge in [0.1, 0.15) is 5.76 Å². The highest BCUT2D eigenvalue weighted by atomic mass is 16.3. The molecule has 13 heavy (non-hydrogen) atoms. The predicted molar refractivity (Wildman–Crippen MR) is 51.6 cm³/mol. The highest BCUT2D eigenvalue weighted by Crippen LogP contribution is 2.34. The van der Waals surface area contributed by atoms with Crippen LogP contribution in [0.4, 0.5) is 0 Å². The van der Waals surface area contributed by atoms with Crippen LogP contribution in [0.3, 0.4) is 0 Å². The van der Waals surface area contributed by atoms with Crippen molar-refractivity contribution in [3.05, 3.63) is 23.5 Å². The van der Waals surface area contributed by atoms with Crippen LogP contribution >= 0.6 is 0 Å². The van der Waals surface area contributed by atoms with Gasteiger partial charge in [0.2, 0.25) is 0 Å². The van der Waals surface area contributed by atoms with Crippen molar-refractivity contribution in [2.75, 3.05) is 0 Å². The SMILES string of the molecule is CC1=C(O)C(C)(C)CC=C1.O=CO. The number of hydrogen-bond acceptors (Lipinski definition) is 2. The summed E-state index contributed by atoms with van der Waals surface area (Å²) in [4.78, 5) is 8.36. The molecule has 3 nitrogen and oxygen atoms in total. The van der Waals surface area contributed by atoms with Crippen molar-refractivity contribution in [2.24, 2.45) is 5.41 Å². The van der Waals surface area contributed by atoms with Gasteiger partial charge in [-0.05, 0) is 18.9 Å². The van der Waals surface area contributed by atoms with Gasteiger partial charge in [-0.2, -0.15) is 0 Å². The third-order valence-electron chi connectivity index (χ3n) is 2.01. The van der Waals surface area contributed by atoms with Gasteiger partial charge >= 0.3 is 0 Å². The van der Waals surface area contributed by atoms with E-state index < -0.39 is 0 Å². The molecule has 0 heterocycles. The van der Waals surface area contributed by atoms with Gasteiger partial charge in [-0.15, -0.1) is 0 Å². The van der Waals surface area contributed by atoms with Crippen molar-refractivity contribution in [3.8, 4) is 0 Å². The first kappa shape index (κ1) is 11.8. The maximum Gasteiger partial charge on any atom is 0.290 e. The molecule has 1 aliphatic rings. The lowest BCUT2D eigenvalue weighted by atomic mass is 9.82. The summed E-state index contributed by atoms with van der Waals surface area (Å²) in [5.41, 5.74) is 0.954. The van der Waals surface area contributed by atoms with E-state index in [0.717, 1.165) is 12.0 Å². The Morgan fingerprint density at radius 3 is 2.31 bits per heavy atom. The first-order valence-corrected chi connectivity index (χ1v) is 4.10. The summed E-state index contributed by atoms with van der Waals surface area (Å²) < 4.78 is 0. The van der Waals surface area contributed by atoms with Crippen LogP contribution in [-0.2, 0) is 4.79 Å². The zero-order valence-electron chi connectivity index (χ0n) is 8.24. The fraction of sp³-hybridized carbons (Fsp3) is 0.500. The number of rotatable bonds is 0. The summed E-state index contributed by atoms with van der Waals surface area (Å²) in [7, 11) is 0. The topological polar surface area (TPSA) is 57.5 Å². The molecule has 1 rings (SSSR count). The summed E-state index contributed by atoms with van der Waals surface area (Å²) in [6.07, 6.45) is 5.02. The second kappa shape index (κ2) is 4.70. The molecule has 3 heteroatoms. The van der Waals surface area contributed by atoms with E-state index in [-0.39, 0.29) is 11.9 Å². The standard InChI is InChI=1S/C9H14O.CH2O2/c1-7-5-4-6-9(2,3)8(7)10;2-1-3/h4-5,10H,6H2,1-3H3;1H,(H,2,3). The van der Waals surface area contributed by atoms with Crippen molar-refractivity contribution < 1.29 is 15.0 Å². The minimum atomic E-state index is -0.250. The maximum atomic E-state index is 9.53. The van der Waals surface area contributed by atoms with Gasteiger partial charge in [-0.1, -0.05) is 26.0 Å². The van der Waals surface area contributed by atoms with E-state index in [1.807, 2.05) is 13.0 Å². The molecule has 74 valence electrons. The molecule has 0 unspecified atom stereocenters. The average Bonchev–Trinajstić information content (AvgIpc) is 2.01. The monoisotopic (exact) mass is 184 g/mol. The predicted octanol–water partition coefficient (Wildman–Crippen LogP) is 2.51. The van der Waals surface area contributed by atoms with E-state index >= 15 is 0 Å². The van der Waals surface area contributed by atoms with Crippen LogP contribution in [0.2, 0.25) is 0 Å². The number of carboxylic acid groups (broad SMARTS) is 1. The Balaban J connectivity index is 0.000000424. The van der Waals surface area contributed by atoms with Crippen molar-refractivity contribution in [1.82, 2.24) is 0 Å². The Hall–Kier alpha value is -1.25. The van der Waals surface area contributed by atoms with E-state index in [1.54, 1.807) is 0 Å². The molecule has 0 bridgehead atoms. The van der Waals surface area contributed by atoms with Gasteiger partial charge in [-0.3, -0.25) is 4.79 Å². The normalized spacial score (nSPS) is 19.0. The summed E-state index contributed by atoms with van der Waals surface area (Å²) >= 11 is 0. The Kier molecular flexibility index (Phi) is 4.25. The maximum absolute atomic E-state index is 9.53. The Labute approximate surface area is 78.4 Å². The highest BCUT2D eigenvalue weighted by Gasteiger charge is 2.25. The van der Waals surface area contributed by atoms with E-state index in [2.05, 4.69) is 19.9 Å². The Bertz CT molecular complexity index is 237. The molecule has 0 fully saturated rings. The molecule has 0 atom stereocenters. The van der Waals surface area contributed by atoms with Crippen LogP contribution in [0, 0.1) is 5.41 Å². The van der Waals surface area contributed by atoms with Crippen LogP contribution in [-0.4, -0.2) is 16.7 Å². The third-order valence-corrected chi connectivity index (χ3v) is 2.01. The molecule has 2 N–H and O–H groups in total. The summed E-state index contributed by atoms with van der Waals surface area (Å²) in [6.45, 7) is 5.79. The molecule has 0 aliphatic heterocycles. The van der Waals surface area contributed by atoms with Crippen LogP contribution in [0.1, 0.15) is 27.2 Å². The zero-order chi connectivity index (χ0) is 10.5. The minimum absolute atomic E-state index is 0.0428. The smallest absolute Gasteiger partial charge is 0.290 e. The zero-order valence-corrected chi connectivity index (χ0v) is 8.24. The molecular formula is C10H16O3. The van der Waals surface area contributed by atoms with Crippen LogP contribution in [0.25, 0.3) is 0 Å². The number of aliphatic hydroxyl groups excluding tert-OH is 1. The number of allylic oxidation sites excluding steroid dienone is 4. The fourth-order valence-corrected chi connectivity index (χ4v) is 1.24. The Morgan fingerprint density at radius 2 is 2.00 bits per heavy atom. The first-order chi connectivity index (χ1) is 5.95. The molecule has 0 aromatic rings. The molecule has 0 saturated carbocycles. The summed E-state index contributed by atoms with van der Waals surface area (Å²) in [5.74, 6) is 0.537. The third kappa shape index (κ3) is 3.32. The molecule has 0 spiro atoms. The van der Waals surface area contributed by atoms with E-state index in [9.17, 15) is 5.11 Å². The fourth-order valence-electron chi connectivity index (χ4n) is 1.24. The molecule has 1 aliphatic carbocycles.